The number of carboxylic acid groups (broad SMARTS) is 1. The molecule has 3 N–H and O–H groups in total. The molecule has 0 fully saturated rings. The Hall–Kier alpha value is -2.13. The molecule has 1 aromatic carbocycles. The number of halogens is 1. The summed E-state index contributed by atoms with van der Waals surface area (Å²) in [5, 5.41) is 9.48. The van der Waals surface area contributed by atoms with Crippen molar-refractivity contribution in [3.63, 3.8) is 0 Å². The van der Waals surface area contributed by atoms with Gasteiger partial charge >= 0.3 is 5.97 Å². The summed E-state index contributed by atoms with van der Waals surface area (Å²) in [7, 11) is 0. The summed E-state index contributed by atoms with van der Waals surface area (Å²) in [6, 6.07) is 7.90. The lowest BCUT2D eigenvalue weighted by Crippen LogP contribution is -2.23. The Bertz CT molecular complexity index is 942. The van der Waals surface area contributed by atoms with Gasteiger partial charge in [-0.2, -0.15) is 0 Å². The number of benzene rings is 1. The van der Waals surface area contributed by atoms with Crippen LogP contribution in [0.3, 0.4) is 0 Å². The van der Waals surface area contributed by atoms with Crippen LogP contribution in [0.1, 0.15) is 19.4 Å². The molecule has 7 nitrogen and oxygen atoms in total. The highest BCUT2D eigenvalue weighted by Gasteiger charge is 2.26. The van der Waals surface area contributed by atoms with Crippen LogP contribution in [-0.2, 0) is 11.3 Å². The first-order valence-electron chi connectivity index (χ1n) is 7.97. The molecule has 0 saturated carbocycles. The van der Waals surface area contributed by atoms with E-state index in [4.69, 9.17) is 5.73 Å². The first-order chi connectivity index (χ1) is 12.4. The van der Waals surface area contributed by atoms with Gasteiger partial charge in [-0.1, -0.05) is 53.7 Å². The highest BCUT2D eigenvalue weighted by atomic mass is 79.9. The Labute approximate surface area is 163 Å². The summed E-state index contributed by atoms with van der Waals surface area (Å²) in [5.41, 5.74) is 8.07. The lowest BCUT2D eigenvalue weighted by atomic mass is 10.1. The van der Waals surface area contributed by atoms with Crippen molar-refractivity contribution in [3.8, 4) is 0 Å². The smallest absolute Gasteiger partial charge is 0.317 e. The molecule has 3 aromatic rings. The summed E-state index contributed by atoms with van der Waals surface area (Å²) in [6.45, 7) is 4.26. The molecule has 0 spiro atoms. The molecule has 3 rings (SSSR count). The summed E-state index contributed by atoms with van der Waals surface area (Å²) >= 11 is 4.63. The zero-order valence-corrected chi connectivity index (χ0v) is 16.7. The number of nitrogens with zero attached hydrogens (tertiary/aromatic N) is 4. The molecule has 0 aliphatic carbocycles. The van der Waals surface area contributed by atoms with Crippen LogP contribution in [0.5, 0.6) is 0 Å². The fourth-order valence-electron chi connectivity index (χ4n) is 2.52. The van der Waals surface area contributed by atoms with Gasteiger partial charge in [-0.3, -0.25) is 9.36 Å². The number of nitrogens with two attached hydrogens (primary N) is 1. The maximum Gasteiger partial charge on any atom is 0.317 e. The number of nitrogen functional groups attached to an aromatic ring is 1. The quantitative estimate of drug-likeness (QED) is 0.570. The Morgan fingerprint density at radius 3 is 2.62 bits per heavy atom. The van der Waals surface area contributed by atoms with Gasteiger partial charge in [0.1, 0.15) is 11.6 Å². The number of thioether (sulfide) groups is 1. The van der Waals surface area contributed by atoms with Crippen LogP contribution in [0.15, 0.2) is 40.2 Å². The third-order valence-corrected chi connectivity index (χ3v) is 5.91. The zero-order chi connectivity index (χ0) is 18.8. The van der Waals surface area contributed by atoms with Crippen molar-refractivity contribution < 1.29 is 9.90 Å². The van der Waals surface area contributed by atoms with Crippen molar-refractivity contribution in [2.45, 2.75) is 30.8 Å². The lowest BCUT2D eigenvalue weighted by Gasteiger charge is -2.16. The normalized spacial score (nSPS) is 12.6. The minimum absolute atomic E-state index is 0.0538. The molecule has 2 aromatic heterocycles. The summed E-state index contributed by atoms with van der Waals surface area (Å²) < 4.78 is 2.88. The van der Waals surface area contributed by atoms with Crippen LogP contribution in [-0.4, -0.2) is 35.8 Å². The largest absolute Gasteiger partial charge is 0.480 e. The average Bonchev–Trinajstić information content (AvgIpc) is 2.93. The van der Waals surface area contributed by atoms with Gasteiger partial charge in [0.15, 0.2) is 22.1 Å². The van der Waals surface area contributed by atoms with Gasteiger partial charge in [0.25, 0.3) is 0 Å². The summed E-state index contributed by atoms with van der Waals surface area (Å²) in [4.78, 5) is 24.5. The number of hydrogen-bond donors (Lipinski definition) is 2. The van der Waals surface area contributed by atoms with Crippen LogP contribution in [0.2, 0.25) is 0 Å². The number of rotatable bonds is 6. The van der Waals surface area contributed by atoms with E-state index in [9.17, 15) is 9.90 Å². The molecule has 0 bridgehead atoms. The Morgan fingerprint density at radius 2 is 2.00 bits per heavy atom. The van der Waals surface area contributed by atoms with E-state index in [1.54, 1.807) is 0 Å². The van der Waals surface area contributed by atoms with Crippen molar-refractivity contribution in [2.75, 3.05) is 5.73 Å². The van der Waals surface area contributed by atoms with Crippen molar-refractivity contribution in [1.82, 2.24) is 19.5 Å². The standard InChI is InChI=1S/C17H18BrN5O2S/c1-9(2)13(16(24)25)26-17-22-12-14(19)20-8-21-15(12)23(17)7-10-3-5-11(18)6-4-10/h3-6,8-9,13H,7H2,1-2H3,(H,24,25)(H2,19,20,21). The van der Waals surface area contributed by atoms with E-state index in [0.29, 0.717) is 22.9 Å². The number of carboxylic acids is 1. The summed E-state index contributed by atoms with van der Waals surface area (Å²) in [6.07, 6.45) is 1.39. The Balaban J connectivity index is 2.07. The fraction of sp³-hybridized carbons (Fsp3) is 0.294. The van der Waals surface area contributed by atoms with Crippen molar-refractivity contribution in [3.05, 3.63) is 40.6 Å². The number of hydrogen-bond acceptors (Lipinski definition) is 6. The molecule has 1 unspecified atom stereocenters. The van der Waals surface area contributed by atoms with E-state index < -0.39 is 11.2 Å². The van der Waals surface area contributed by atoms with Crippen molar-refractivity contribution >= 4 is 50.6 Å². The van der Waals surface area contributed by atoms with Gasteiger partial charge in [0.05, 0.1) is 6.54 Å². The van der Waals surface area contributed by atoms with Crippen LogP contribution in [0.25, 0.3) is 11.2 Å². The molecule has 136 valence electrons. The monoisotopic (exact) mass is 435 g/mol. The lowest BCUT2D eigenvalue weighted by molar-refractivity contribution is -0.137. The van der Waals surface area contributed by atoms with Gasteiger partial charge in [0, 0.05) is 4.47 Å². The first-order valence-corrected chi connectivity index (χ1v) is 9.64. The molecule has 2 heterocycles. The number of aromatic nitrogens is 4. The third kappa shape index (κ3) is 3.83. The molecule has 0 aliphatic rings. The predicted molar refractivity (Wildman–Crippen MR) is 105 cm³/mol. The van der Waals surface area contributed by atoms with Crippen molar-refractivity contribution in [1.29, 1.82) is 0 Å². The van der Waals surface area contributed by atoms with E-state index in [2.05, 4.69) is 30.9 Å². The van der Waals surface area contributed by atoms with E-state index in [1.807, 2.05) is 42.7 Å². The zero-order valence-electron chi connectivity index (χ0n) is 14.3. The Morgan fingerprint density at radius 1 is 1.31 bits per heavy atom. The number of imidazole rings is 1. The molecular weight excluding hydrogens is 418 g/mol. The average molecular weight is 436 g/mol. The van der Waals surface area contributed by atoms with Gasteiger partial charge in [-0.25, -0.2) is 15.0 Å². The highest BCUT2D eigenvalue weighted by molar-refractivity contribution is 9.10. The van der Waals surface area contributed by atoms with E-state index in [0.717, 1.165) is 10.0 Å². The first kappa shape index (κ1) is 18.7. The third-order valence-electron chi connectivity index (χ3n) is 3.86. The number of carbonyl (C=O) groups is 1. The molecule has 26 heavy (non-hydrogen) atoms. The number of anilines is 1. The maximum absolute atomic E-state index is 11.6. The SMILES string of the molecule is CC(C)C(Sc1nc2c(N)ncnc2n1Cc1ccc(Br)cc1)C(=O)O. The second kappa shape index (κ2) is 7.63. The molecular formula is C17H18BrN5O2S. The van der Waals surface area contributed by atoms with E-state index >= 15 is 0 Å². The molecule has 9 heteroatoms. The topological polar surface area (TPSA) is 107 Å². The highest BCUT2D eigenvalue weighted by Crippen LogP contribution is 2.32. The predicted octanol–water partition coefficient (Wildman–Crippen LogP) is 3.42. The molecule has 0 amide bonds. The van der Waals surface area contributed by atoms with E-state index in [-0.39, 0.29) is 11.7 Å². The van der Waals surface area contributed by atoms with Crippen molar-refractivity contribution in [2.24, 2.45) is 5.92 Å². The van der Waals surface area contributed by atoms with Gasteiger partial charge in [0.2, 0.25) is 0 Å². The van der Waals surface area contributed by atoms with Crippen LogP contribution >= 0.6 is 27.7 Å². The molecule has 0 radical (unpaired) electrons. The molecule has 0 aliphatic heterocycles. The fourth-order valence-corrected chi connectivity index (χ4v) is 3.81. The van der Waals surface area contributed by atoms with Gasteiger partial charge in [-0.15, -0.1) is 0 Å². The Kier molecular flexibility index (Phi) is 5.47. The second-order valence-corrected chi connectivity index (χ2v) is 8.18. The van der Waals surface area contributed by atoms with Gasteiger partial charge < -0.3 is 10.8 Å². The van der Waals surface area contributed by atoms with Gasteiger partial charge in [-0.05, 0) is 23.6 Å². The minimum atomic E-state index is -0.869. The minimum Gasteiger partial charge on any atom is -0.480 e. The van der Waals surface area contributed by atoms with Crippen LogP contribution in [0.4, 0.5) is 5.82 Å². The second-order valence-electron chi connectivity index (χ2n) is 6.16. The molecule has 1 atom stereocenters. The maximum atomic E-state index is 11.6. The number of aliphatic carboxylic acids is 1. The van der Waals surface area contributed by atoms with E-state index in [1.165, 1.54) is 18.1 Å². The van der Waals surface area contributed by atoms with Crippen LogP contribution < -0.4 is 5.73 Å². The number of fused-ring (bicyclic) bond motifs is 1. The summed E-state index contributed by atoms with van der Waals surface area (Å²) in [5.74, 6) is -0.643. The van der Waals surface area contributed by atoms with Crippen LogP contribution in [0, 0.1) is 5.92 Å². The molecule has 0 saturated heterocycles.